The lowest BCUT2D eigenvalue weighted by atomic mass is 10.3. The number of rotatable bonds is 3. The summed E-state index contributed by atoms with van der Waals surface area (Å²) in [6, 6.07) is 6.75. The van der Waals surface area contributed by atoms with E-state index in [-0.39, 0.29) is 5.82 Å². The predicted molar refractivity (Wildman–Crippen MR) is 64.5 cm³/mol. The average molecular weight is 243 g/mol. The fraction of sp³-hybridized carbons (Fsp3) is 0.0833. The third-order valence-electron chi connectivity index (χ3n) is 2.49. The minimum absolute atomic E-state index is 0.340. The fourth-order valence-corrected chi connectivity index (χ4v) is 1.61. The monoisotopic (exact) mass is 243 g/mol. The number of anilines is 1. The summed E-state index contributed by atoms with van der Waals surface area (Å²) < 4.78 is 14.4. The fourth-order valence-electron chi connectivity index (χ4n) is 1.61. The third kappa shape index (κ3) is 2.13. The molecule has 0 aromatic carbocycles. The van der Waals surface area contributed by atoms with Crippen LogP contribution in [0.5, 0.6) is 0 Å². The van der Waals surface area contributed by atoms with Crippen molar-refractivity contribution in [3.8, 4) is 0 Å². The van der Waals surface area contributed by atoms with E-state index in [0.717, 1.165) is 5.56 Å². The molecule has 1 N–H and O–H groups in total. The van der Waals surface area contributed by atoms with E-state index in [1.807, 2.05) is 12.1 Å². The van der Waals surface area contributed by atoms with Crippen molar-refractivity contribution in [1.29, 1.82) is 0 Å². The Labute approximate surface area is 102 Å². The number of hydrogen-bond donors (Lipinski definition) is 1. The van der Waals surface area contributed by atoms with Crippen LogP contribution < -0.4 is 5.32 Å². The first kappa shape index (κ1) is 10.6. The van der Waals surface area contributed by atoms with Crippen LogP contribution in [0.3, 0.4) is 0 Å². The molecule has 3 aromatic rings. The summed E-state index contributed by atoms with van der Waals surface area (Å²) in [4.78, 5) is 8.17. The van der Waals surface area contributed by atoms with E-state index in [1.165, 1.54) is 16.8 Å². The quantitative estimate of drug-likeness (QED) is 0.763. The zero-order valence-electron chi connectivity index (χ0n) is 9.42. The maximum Gasteiger partial charge on any atom is 0.243 e. The second-order valence-electron chi connectivity index (χ2n) is 3.79. The molecule has 18 heavy (non-hydrogen) atoms. The lowest BCUT2D eigenvalue weighted by molar-refractivity contribution is 0.615. The highest BCUT2D eigenvalue weighted by Gasteiger charge is 2.03. The van der Waals surface area contributed by atoms with Crippen molar-refractivity contribution in [2.45, 2.75) is 6.54 Å². The van der Waals surface area contributed by atoms with Crippen molar-refractivity contribution >= 4 is 11.6 Å². The van der Waals surface area contributed by atoms with Crippen LogP contribution in [0.4, 0.5) is 10.3 Å². The van der Waals surface area contributed by atoms with Gasteiger partial charge in [-0.1, -0.05) is 0 Å². The summed E-state index contributed by atoms with van der Waals surface area (Å²) in [5.74, 6) is 0.130. The molecule has 0 fully saturated rings. The number of nitrogens with zero attached hydrogens (tertiary/aromatic N) is 4. The molecule has 0 aliphatic heterocycles. The molecule has 0 amide bonds. The van der Waals surface area contributed by atoms with Gasteiger partial charge in [-0.3, -0.25) is 4.98 Å². The van der Waals surface area contributed by atoms with Crippen LogP contribution in [-0.4, -0.2) is 19.6 Å². The molecule has 5 nitrogen and oxygen atoms in total. The molecule has 0 radical (unpaired) electrons. The Hall–Kier alpha value is -2.50. The SMILES string of the molecule is Fc1ccc2nc(NCc3ccncc3)nn2c1. The van der Waals surface area contributed by atoms with Gasteiger partial charge in [-0.25, -0.2) is 8.91 Å². The highest BCUT2D eigenvalue weighted by molar-refractivity contribution is 5.43. The molecule has 3 rings (SSSR count). The minimum atomic E-state index is -0.340. The van der Waals surface area contributed by atoms with Crippen LogP contribution in [-0.2, 0) is 6.54 Å². The lowest BCUT2D eigenvalue weighted by Crippen LogP contribution is -2.01. The Kier molecular flexibility index (Phi) is 2.60. The third-order valence-corrected chi connectivity index (χ3v) is 2.49. The van der Waals surface area contributed by atoms with Gasteiger partial charge < -0.3 is 5.32 Å². The molecule has 0 spiro atoms. The van der Waals surface area contributed by atoms with Crippen molar-refractivity contribution in [2.24, 2.45) is 0 Å². The van der Waals surface area contributed by atoms with Gasteiger partial charge in [-0.05, 0) is 29.8 Å². The summed E-state index contributed by atoms with van der Waals surface area (Å²) >= 11 is 0. The molecule has 0 atom stereocenters. The van der Waals surface area contributed by atoms with Crippen molar-refractivity contribution in [1.82, 2.24) is 19.6 Å². The van der Waals surface area contributed by atoms with Gasteiger partial charge in [0.25, 0.3) is 0 Å². The van der Waals surface area contributed by atoms with Crippen LogP contribution in [0.25, 0.3) is 5.65 Å². The van der Waals surface area contributed by atoms with E-state index in [9.17, 15) is 4.39 Å². The molecule has 0 bridgehead atoms. The van der Waals surface area contributed by atoms with Crippen LogP contribution in [0.15, 0.2) is 42.9 Å². The molecule has 0 saturated heterocycles. The number of pyridine rings is 2. The van der Waals surface area contributed by atoms with Crippen molar-refractivity contribution < 1.29 is 4.39 Å². The highest BCUT2D eigenvalue weighted by atomic mass is 19.1. The van der Waals surface area contributed by atoms with Gasteiger partial charge in [-0.2, -0.15) is 4.98 Å². The Morgan fingerprint density at radius 1 is 1.17 bits per heavy atom. The Balaban J connectivity index is 1.79. The molecule has 0 unspecified atom stereocenters. The maximum absolute atomic E-state index is 13.0. The van der Waals surface area contributed by atoms with Crippen LogP contribution in [0, 0.1) is 5.82 Å². The average Bonchev–Trinajstić information content (AvgIpc) is 2.79. The summed E-state index contributed by atoms with van der Waals surface area (Å²) in [5, 5.41) is 7.20. The second kappa shape index (κ2) is 4.40. The Bertz CT molecular complexity index is 665. The van der Waals surface area contributed by atoms with Crippen LogP contribution in [0.1, 0.15) is 5.56 Å². The maximum atomic E-state index is 13.0. The number of hydrogen-bond acceptors (Lipinski definition) is 4. The van der Waals surface area contributed by atoms with Crippen molar-refractivity contribution in [3.05, 3.63) is 54.2 Å². The molecular weight excluding hydrogens is 233 g/mol. The van der Waals surface area contributed by atoms with E-state index in [0.29, 0.717) is 18.1 Å². The van der Waals surface area contributed by atoms with Gasteiger partial charge in [0.05, 0.1) is 6.20 Å². The largest absolute Gasteiger partial charge is 0.349 e. The summed E-state index contributed by atoms with van der Waals surface area (Å²) in [6.07, 6.45) is 4.74. The smallest absolute Gasteiger partial charge is 0.243 e. The van der Waals surface area contributed by atoms with Gasteiger partial charge in [0.15, 0.2) is 5.65 Å². The normalized spacial score (nSPS) is 10.7. The molecule has 0 aliphatic carbocycles. The van der Waals surface area contributed by atoms with Gasteiger partial charge >= 0.3 is 0 Å². The number of aromatic nitrogens is 4. The summed E-state index contributed by atoms with van der Waals surface area (Å²) in [7, 11) is 0. The summed E-state index contributed by atoms with van der Waals surface area (Å²) in [6.45, 7) is 0.599. The van der Waals surface area contributed by atoms with Crippen LogP contribution >= 0.6 is 0 Å². The molecule has 0 aliphatic rings. The first-order valence-corrected chi connectivity index (χ1v) is 5.46. The zero-order chi connectivity index (χ0) is 12.4. The van der Waals surface area contributed by atoms with E-state index >= 15 is 0 Å². The molecular formula is C12H10FN5. The van der Waals surface area contributed by atoms with Gasteiger partial charge in [0, 0.05) is 18.9 Å². The van der Waals surface area contributed by atoms with Gasteiger partial charge in [-0.15, -0.1) is 5.10 Å². The summed E-state index contributed by atoms with van der Waals surface area (Å²) in [5.41, 5.74) is 1.68. The van der Waals surface area contributed by atoms with Gasteiger partial charge in [0.1, 0.15) is 5.82 Å². The van der Waals surface area contributed by atoms with Crippen molar-refractivity contribution in [3.63, 3.8) is 0 Å². The van der Waals surface area contributed by atoms with Gasteiger partial charge in [0.2, 0.25) is 5.95 Å². The second-order valence-corrected chi connectivity index (χ2v) is 3.79. The highest BCUT2D eigenvalue weighted by Crippen LogP contribution is 2.08. The number of nitrogens with one attached hydrogen (secondary N) is 1. The molecule has 3 heterocycles. The zero-order valence-corrected chi connectivity index (χ0v) is 9.42. The first-order valence-electron chi connectivity index (χ1n) is 5.46. The van der Waals surface area contributed by atoms with Crippen LogP contribution in [0.2, 0.25) is 0 Å². The number of fused-ring (bicyclic) bond motifs is 1. The molecule has 3 aromatic heterocycles. The topological polar surface area (TPSA) is 55.1 Å². The minimum Gasteiger partial charge on any atom is -0.349 e. The molecule has 6 heteroatoms. The lowest BCUT2D eigenvalue weighted by Gasteiger charge is -2.00. The van der Waals surface area contributed by atoms with E-state index in [2.05, 4.69) is 20.4 Å². The van der Waals surface area contributed by atoms with E-state index < -0.39 is 0 Å². The predicted octanol–water partition coefficient (Wildman–Crippen LogP) is 1.88. The van der Waals surface area contributed by atoms with E-state index in [4.69, 9.17) is 0 Å². The van der Waals surface area contributed by atoms with Crippen molar-refractivity contribution in [2.75, 3.05) is 5.32 Å². The standard InChI is InChI=1S/C12H10FN5/c13-10-1-2-11-16-12(17-18(11)8-10)15-7-9-3-5-14-6-4-9/h1-6,8H,7H2,(H,15,17). The van der Waals surface area contributed by atoms with E-state index in [1.54, 1.807) is 18.5 Å². The number of halogens is 1. The Morgan fingerprint density at radius 2 is 2.00 bits per heavy atom. The molecule has 90 valence electrons. The molecule has 0 saturated carbocycles. The Morgan fingerprint density at radius 3 is 2.83 bits per heavy atom. The first-order chi connectivity index (χ1) is 8.81.